The zero-order valence-corrected chi connectivity index (χ0v) is 12.5. The quantitative estimate of drug-likeness (QED) is 0.923. The number of ether oxygens (including phenoxy) is 1. The largest absolute Gasteiger partial charge is 0.416 e. The summed E-state index contributed by atoms with van der Waals surface area (Å²) in [5.74, 6) is -0.421. The molecule has 1 heterocycles. The fraction of sp³-hybridized carbons (Fsp3) is 0.357. The molecule has 23 heavy (non-hydrogen) atoms. The Morgan fingerprint density at radius 1 is 1.39 bits per heavy atom. The summed E-state index contributed by atoms with van der Waals surface area (Å²) >= 11 is 0. The van der Waals surface area contributed by atoms with Gasteiger partial charge < -0.3 is 9.64 Å². The molecule has 1 aliphatic heterocycles. The number of benzene rings is 1. The van der Waals surface area contributed by atoms with Gasteiger partial charge in [0.1, 0.15) is 6.61 Å². The minimum Gasteiger partial charge on any atom is -0.375 e. The van der Waals surface area contributed by atoms with Gasteiger partial charge in [-0.2, -0.15) is 18.3 Å². The van der Waals surface area contributed by atoms with Crippen LogP contribution in [0.5, 0.6) is 0 Å². The first-order valence-electron chi connectivity index (χ1n) is 6.66. The molecule has 1 N–H and O–H groups in total. The fourth-order valence-electron chi connectivity index (χ4n) is 1.97. The van der Waals surface area contributed by atoms with Crippen LogP contribution in [0.3, 0.4) is 0 Å². The van der Waals surface area contributed by atoms with Gasteiger partial charge in [-0.1, -0.05) is 6.07 Å². The Bertz CT molecular complexity index is 656. The van der Waals surface area contributed by atoms with E-state index in [0.717, 1.165) is 12.1 Å². The third-order valence-electron chi connectivity index (χ3n) is 2.97. The van der Waals surface area contributed by atoms with Crippen molar-refractivity contribution in [1.29, 1.82) is 0 Å². The van der Waals surface area contributed by atoms with Crippen molar-refractivity contribution in [2.24, 2.45) is 10.2 Å². The zero-order valence-electron chi connectivity index (χ0n) is 12.5. The Morgan fingerprint density at radius 2 is 2.13 bits per heavy atom. The van der Waals surface area contributed by atoms with Crippen molar-refractivity contribution in [3.8, 4) is 0 Å². The molecule has 1 aromatic rings. The number of amides is 1. The first-order valence-corrected chi connectivity index (χ1v) is 6.66. The van der Waals surface area contributed by atoms with Crippen molar-refractivity contribution in [2.45, 2.75) is 13.1 Å². The van der Waals surface area contributed by atoms with Crippen LogP contribution < -0.4 is 10.2 Å². The van der Waals surface area contributed by atoms with Crippen LogP contribution in [0.2, 0.25) is 0 Å². The summed E-state index contributed by atoms with van der Waals surface area (Å²) in [5, 5.41) is 10.2. The molecular formula is C14H15F3N4O2. The summed E-state index contributed by atoms with van der Waals surface area (Å²) in [6.45, 7) is 1.71. The number of guanidine groups is 1. The standard InChI is InChI=1S/C14H15F3N4O2/c1-9-7-21(13(20-19-9)18-12(22)8-23-2)11-5-3-4-10(6-11)14(15,16)17/h3-6H,7-8H2,1-2H3,(H,18,20,22). The van der Waals surface area contributed by atoms with E-state index >= 15 is 0 Å². The number of methoxy groups -OCH3 is 1. The average Bonchev–Trinajstić information content (AvgIpc) is 2.48. The predicted molar refractivity (Wildman–Crippen MR) is 79.4 cm³/mol. The van der Waals surface area contributed by atoms with Crippen LogP contribution >= 0.6 is 0 Å². The van der Waals surface area contributed by atoms with Gasteiger partial charge in [0.25, 0.3) is 5.91 Å². The van der Waals surface area contributed by atoms with Crippen LogP contribution in [0.15, 0.2) is 34.5 Å². The van der Waals surface area contributed by atoms with Crippen LogP contribution in [0, 0.1) is 0 Å². The molecule has 0 spiro atoms. The Morgan fingerprint density at radius 3 is 2.78 bits per heavy atom. The molecule has 0 atom stereocenters. The number of anilines is 1. The molecule has 0 saturated carbocycles. The fourth-order valence-corrected chi connectivity index (χ4v) is 1.97. The van der Waals surface area contributed by atoms with Gasteiger partial charge in [-0.3, -0.25) is 10.1 Å². The van der Waals surface area contributed by atoms with E-state index in [1.165, 1.54) is 24.1 Å². The SMILES string of the molecule is COCC(=O)NC1=NN=C(C)CN1c1cccc(C(F)(F)F)c1. The summed E-state index contributed by atoms with van der Waals surface area (Å²) in [6.07, 6.45) is -4.45. The van der Waals surface area contributed by atoms with Crippen LogP contribution in [-0.2, 0) is 15.7 Å². The Labute approximate surface area is 130 Å². The number of hydrogen-bond acceptors (Lipinski definition) is 5. The van der Waals surface area contributed by atoms with E-state index in [2.05, 4.69) is 15.5 Å². The molecule has 124 valence electrons. The van der Waals surface area contributed by atoms with Crippen LogP contribution in [0.1, 0.15) is 12.5 Å². The number of hydrogen-bond donors (Lipinski definition) is 1. The van der Waals surface area contributed by atoms with Crippen molar-refractivity contribution < 1.29 is 22.7 Å². The summed E-state index contributed by atoms with van der Waals surface area (Å²) in [4.78, 5) is 13.1. The number of nitrogens with one attached hydrogen (secondary N) is 1. The second-order valence-electron chi connectivity index (χ2n) is 4.87. The third-order valence-corrected chi connectivity index (χ3v) is 2.97. The number of halogens is 3. The highest BCUT2D eigenvalue weighted by molar-refractivity contribution is 6.10. The van der Waals surface area contributed by atoms with E-state index in [-0.39, 0.29) is 24.8 Å². The topological polar surface area (TPSA) is 66.3 Å². The highest BCUT2D eigenvalue weighted by Crippen LogP contribution is 2.31. The lowest BCUT2D eigenvalue weighted by Crippen LogP contribution is -2.48. The lowest BCUT2D eigenvalue weighted by Gasteiger charge is -2.28. The van der Waals surface area contributed by atoms with Gasteiger partial charge in [-0.15, -0.1) is 5.10 Å². The minimum absolute atomic E-state index is 0.0528. The monoisotopic (exact) mass is 328 g/mol. The molecule has 0 aliphatic carbocycles. The molecule has 6 nitrogen and oxygen atoms in total. The zero-order chi connectivity index (χ0) is 17.0. The second kappa shape index (κ2) is 6.78. The molecule has 0 unspecified atom stereocenters. The van der Waals surface area contributed by atoms with Gasteiger partial charge in [0.05, 0.1) is 17.8 Å². The van der Waals surface area contributed by atoms with Crippen LogP contribution in [0.4, 0.5) is 18.9 Å². The molecule has 0 aromatic heterocycles. The number of carbonyl (C=O) groups is 1. The van der Waals surface area contributed by atoms with Gasteiger partial charge in [-0.05, 0) is 25.1 Å². The van der Waals surface area contributed by atoms with Gasteiger partial charge in [0.2, 0.25) is 5.96 Å². The van der Waals surface area contributed by atoms with E-state index in [1.54, 1.807) is 6.92 Å². The summed E-state index contributed by atoms with van der Waals surface area (Å²) < 4.78 is 43.3. The van der Waals surface area contributed by atoms with E-state index in [9.17, 15) is 18.0 Å². The third kappa shape index (κ3) is 4.28. The molecule has 1 amide bonds. The molecule has 0 bridgehead atoms. The predicted octanol–water partition coefficient (Wildman–Crippen LogP) is 2.02. The van der Waals surface area contributed by atoms with Crippen LogP contribution in [-0.4, -0.2) is 37.8 Å². The van der Waals surface area contributed by atoms with E-state index in [1.807, 2.05) is 0 Å². The van der Waals surface area contributed by atoms with E-state index < -0.39 is 17.6 Å². The number of nitrogens with zero attached hydrogens (tertiary/aromatic N) is 3. The summed E-state index contributed by atoms with van der Waals surface area (Å²) in [6, 6.07) is 4.78. The van der Waals surface area contributed by atoms with Crippen molar-refractivity contribution >= 4 is 23.3 Å². The second-order valence-corrected chi connectivity index (χ2v) is 4.87. The maximum Gasteiger partial charge on any atom is 0.416 e. The number of alkyl halides is 3. The molecule has 0 saturated heterocycles. The maximum absolute atomic E-state index is 12.9. The molecule has 1 aromatic carbocycles. The van der Waals surface area contributed by atoms with Crippen LogP contribution in [0.25, 0.3) is 0 Å². The summed E-state index contributed by atoms with van der Waals surface area (Å²) in [5.41, 5.74) is 0.0791. The lowest BCUT2D eigenvalue weighted by atomic mass is 10.1. The Hall–Kier alpha value is -2.42. The molecule has 2 rings (SSSR count). The minimum atomic E-state index is -4.45. The molecule has 0 radical (unpaired) electrons. The smallest absolute Gasteiger partial charge is 0.375 e. The van der Waals surface area contributed by atoms with Crippen molar-refractivity contribution in [3.05, 3.63) is 29.8 Å². The highest BCUT2D eigenvalue weighted by Gasteiger charge is 2.31. The number of carbonyl (C=O) groups excluding carboxylic acids is 1. The highest BCUT2D eigenvalue weighted by atomic mass is 19.4. The maximum atomic E-state index is 12.9. The van der Waals surface area contributed by atoms with Gasteiger partial charge in [0.15, 0.2) is 0 Å². The molecule has 9 heteroatoms. The van der Waals surface area contributed by atoms with E-state index in [4.69, 9.17) is 4.74 Å². The van der Waals surface area contributed by atoms with Gasteiger partial charge in [-0.25, -0.2) is 0 Å². The van der Waals surface area contributed by atoms with Gasteiger partial charge >= 0.3 is 6.18 Å². The Balaban J connectivity index is 2.31. The van der Waals surface area contributed by atoms with Crippen molar-refractivity contribution in [2.75, 3.05) is 25.2 Å². The van der Waals surface area contributed by atoms with Gasteiger partial charge in [0, 0.05) is 12.8 Å². The van der Waals surface area contributed by atoms with E-state index in [0.29, 0.717) is 5.71 Å². The molecule has 0 fully saturated rings. The molecule has 1 aliphatic rings. The molecular weight excluding hydrogens is 313 g/mol. The van der Waals surface area contributed by atoms with Crippen molar-refractivity contribution in [1.82, 2.24) is 5.32 Å². The first kappa shape index (κ1) is 16.9. The lowest BCUT2D eigenvalue weighted by molar-refractivity contribution is -0.137. The normalized spacial score (nSPS) is 15.1. The number of rotatable bonds is 3. The Kier molecular flexibility index (Phi) is 4.99. The first-order chi connectivity index (χ1) is 10.8. The van der Waals surface area contributed by atoms with Crippen molar-refractivity contribution in [3.63, 3.8) is 0 Å². The summed E-state index contributed by atoms with van der Waals surface area (Å²) in [7, 11) is 1.36. The average molecular weight is 328 g/mol.